The average molecular weight is 399 g/mol. The van der Waals surface area contributed by atoms with E-state index in [1.54, 1.807) is 24.3 Å². The molecule has 0 unspecified atom stereocenters. The van der Waals surface area contributed by atoms with Gasteiger partial charge in [-0.25, -0.2) is 4.79 Å². The summed E-state index contributed by atoms with van der Waals surface area (Å²) in [5.74, 6) is -1.24. The standard InChI is InChI=1S/C23H21N5O2/c1-28-15-7-8-18(28)19-16(9-15)17(10-24)21(27)23(11-25,12-26)20(19)13-3-5-14(6-4-13)22(29)30-2/h3-6,9,15,18-20H,7-8,27H2,1-2H3/t15-,18-,19+,20+/m1/s1. The van der Waals surface area contributed by atoms with Crippen molar-refractivity contribution in [3.8, 4) is 18.2 Å². The van der Waals surface area contributed by atoms with E-state index in [2.05, 4.69) is 29.2 Å². The molecule has 1 fully saturated rings. The number of benzene rings is 1. The Kier molecular flexibility index (Phi) is 4.61. The lowest BCUT2D eigenvalue weighted by Gasteiger charge is -2.48. The fourth-order valence-electron chi connectivity index (χ4n) is 5.41. The highest BCUT2D eigenvalue weighted by Gasteiger charge is 2.58. The van der Waals surface area contributed by atoms with E-state index in [1.807, 2.05) is 7.05 Å². The number of nitrogens with zero attached hydrogens (tertiary/aromatic N) is 4. The first-order chi connectivity index (χ1) is 14.4. The number of fused-ring (bicyclic) bond motifs is 4. The van der Waals surface area contributed by atoms with Crippen molar-refractivity contribution in [2.24, 2.45) is 17.1 Å². The quantitative estimate of drug-likeness (QED) is 0.756. The van der Waals surface area contributed by atoms with Crippen molar-refractivity contribution >= 4 is 5.97 Å². The Bertz CT molecular complexity index is 1080. The van der Waals surface area contributed by atoms with Crippen LogP contribution in [-0.2, 0) is 4.74 Å². The van der Waals surface area contributed by atoms with Crippen LogP contribution in [0, 0.1) is 45.3 Å². The predicted molar refractivity (Wildman–Crippen MR) is 107 cm³/mol. The first-order valence-corrected chi connectivity index (χ1v) is 9.78. The Labute approximate surface area is 175 Å². The van der Waals surface area contributed by atoms with Gasteiger partial charge in [0.05, 0.1) is 36.1 Å². The topological polar surface area (TPSA) is 127 Å². The lowest BCUT2D eigenvalue weighted by Crippen LogP contribution is -2.51. The summed E-state index contributed by atoms with van der Waals surface area (Å²) in [6.45, 7) is 0. The lowest BCUT2D eigenvalue weighted by molar-refractivity contribution is 0.0600. The molecule has 2 aliphatic heterocycles. The van der Waals surface area contributed by atoms with E-state index >= 15 is 0 Å². The number of hydrogen-bond donors (Lipinski definition) is 1. The average Bonchev–Trinajstić information content (AvgIpc) is 3.01. The number of methoxy groups -OCH3 is 1. The number of nitriles is 3. The molecule has 3 aliphatic rings. The fraction of sp³-hybridized carbons (Fsp3) is 0.391. The molecule has 1 aromatic carbocycles. The molecule has 0 saturated carbocycles. The highest BCUT2D eigenvalue weighted by molar-refractivity contribution is 5.89. The van der Waals surface area contributed by atoms with E-state index < -0.39 is 17.3 Å². The highest BCUT2D eigenvalue weighted by atomic mass is 16.5. The van der Waals surface area contributed by atoms with Gasteiger partial charge in [-0.15, -0.1) is 0 Å². The minimum atomic E-state index is -1.67. The fourth-order valence-corrected chi connectivity index (χ4v) is 5.41. The summed E-state index contributed by atoms with van der Waals surface area (Å²) in [6.07, 6.45) is 3.95. The Morgan fingerprint density at radius 2 is 1.87 bits per heavy atom. The SMILES string of the molecule is COC(=O)c1ccc([C@H]2[C@H]3C(=C[C@H]4CC[C@H]3N4C)C(C#N)=C(N)C2(C#N)C#N)cc1. The largest absolute Gasteiger partial charge is 0.465 e. The molecule has 1 aromatic rings. The first kappa shape index (κ1) is 19.7. The van der Waals surface area contributed by atoms with Gasteiger partial charge in [0.2, 0.25) is 0 Å². The maximum atomic E-state index is 11.8. The second-order valence-corrected chi connectivity index (χ2v) is 8.05. The van der Waals surface area contributed by atoms with Crippen LogP contribution in [0.1, 0.15) is 34.7 Å². The van der Waals surface area contributed by atoms with Crippen LogP contribution in [0.4, 0.5) is 0 Å². The molecule has 0 amide bonds. The zero-order valence-corrected chi connectivity index (χ0v) is 16.8. The Balaban J connectivity index is 1.96. The normalized spacial score (nSPS) is 29.1. The summed E-state index contributed by atoms with van der Waals surface area (Å²) in [4.78, 5) is 14.1. The number of allylic oxidation sites excluding steroid dienone is 2. The summed E-state index contributed by atoms with van der Waals surface area (Å²) >= 11 is 0. The van der Waals surface area contributed by atoms with Gasteiger partial charge in [-0.1, -0.05) is 18.2 Å². The lowest BCUT2D eigenvalue weighted by atomic mass is 9.56. The summed E-state index contributed by atoms with van der Waals surface area (Å²) in [6, 6.07) is 13.6. The van der Waals surface area contributed by atoms with E-state index in [1.165, 1.54) is 7.11 Å². The Morgan fingerprint density at radius 3 is 2.43 bits per heavy atom. The van der Waals surface area contributed by atoms with Crippen LogP contribution in [0.25, 0.3) is 0 Å². The molecule has 150 valence electrons. The third-order valence-corrected chi connectivity index (χ3v) is 6.91. The Morgan fingerprint density at radius 1 is 1.20 bits per heavy atom. The molecule has 2 N–H and O–H groups in total. The first-order valence-electron chi connectivity index (χ1n) is 9.78. The molecule has 7 nitrogen and oxygen atoms in total. The van der Waals surface area contributed by atoms with E-state index in [0.29, 0.717) is 5.56 Å². The van der Waals surface area contributed by atoms with E-state index in [9.17, 15) is 20.6 Å². The molecular weight excluding hydrogens is 378 g/mol. The molecule has 1 saturated heterocycles. The number of carbonyl (C=O) groups excluding carboxylic acids is 1. The second-order valence-electron chi connectivity index (χ2n) is 8.05. The second kappa shape index (κ2) is 7.02. The van der Waals surface area contributed by atoms with Gasteiger partial charge in [0.15, 0.2) is 5.41 Å². The number of hydrogen-bond acceptors (Lipinski definition) is 7. The molecule has 4 atom stereocenters. The maximum Gasteiger partial charge on any atom is 0.337 e. The van der Waals surface area contributed by atoms with Gasteiger partial charge in [0.25, 0.3) is 0 Å². The predicted octanol–water partition coefficient (Wildman–Crippen LogP) is 2.36. The van der Waals surface area contributed by atoms with Gasteiger partial charge in [-0.3, -0.25) is 4.90 Å². The van der Waals surface area contributed by atoms with Crippen molar-refractivity contribution in [1.29, 1.82) is 15.8 Å². The van der Waals surface area contributed by atoms with E-state index in [-0.39, 0.29) is 29.3 Å². The minimum Gasteiger partial charge on any atom is -0.465 e. The number of rotatable bonds is 2. The number of nitrogens with two attached hydrogens (primary N) is 1. The van der Waals surface area contributed by atoms with Crippen molar-refractivity contribution in [2.75, 3.05) is 14.2 Å². The molecule has 0 aromatic heterocycles. The maximum absolute atomic E-state index is 11.8. The van der Waals surface area contributed by atoms with Crippen molar-refractivity contribution in [2.45, 2.75) is 30.8 Å². The van der Waals surface area contributed by atoms with Gasteiger partial charge in [0.1, 0.15) is 6.07 Å². The number of likely N-dealkylation sites (N-methyl/N-ethyl adjacent to an activating group) is 1. The molecule has 1 aliphatic carbocycles. The van der Waals surface area contributed by atoms with Crippen LogP contribution >= 0.6 is 0 Å². The van der Waals surface area contributed by atoms with Crippen LogP contribution in [0.2, 0.25) is 0 Å². The van der Waals surface area contributed by atoms with Gasteiger partial charge in [-0.2, -0.15) is 15.8 Å². The third-order valence-electron chi connectivity index (χ3n) is 6.91. The molecule has 30 heavy (non-hydrogen) atoms. The molecular formula is C23H21N5O2. The van der Waals surface area contributed by atoms with Crippen LogP contribution in [0.3, 0.4) is 0 Å². The Hall–Kier alpha value is -3.60. The van der Waals surface area contributed by atoms with Crippen molar-refractivity contribution in [3.05, 3.63) is 58.3 Å². The summed E-state index contributed by atoms with van der Waals surface area (Å²) < 4.78 is 4.77. The van der Waals surface area contributed by atoms with E-state index in [0.717, 1.165) is 24.0 Å². The van der Waals surface area contributed by atoms with Crippen molar-refractivity contribution in [1.82, 2.24) is 4.90 Å². The van der Waals surface area contributed by atoms with Crippen molar-refractivity contribution < 1.29 is 9.53 Å². The van der Waals surface area contributed by atoms with Crippen LogP contribution in [-0.4, -0.2) is 37.1 Å². The van der Waals surface area contributed by atoms with E-state index in [4.69, 9.17) is 10.5 Å². The summed E-state index contributed by atoms with van der Waals surface area (Å²) in [5.41, 5.74) is 6.92. The summed E-state index contributed by atoms with van der Waals surface area (Å²) in [5, 5.41) is 30.2. The van der Waals surface area contributed by atoms with Gasteiger partial charge in [-0.05, 0) is 43.2 Å². The minimum absolute atomic E-state index is 0.0171. The molecule has 0 radical (unpaired) electrons. The highest BCUT2D eigenvalue weighted by Crippen LogP contribution is 2.58. The van der Waals surface area contributed by atoms with Gasteiger partial charge in [0, 0.05) is 23.9 Å². The number of ether oxygens (including phenoxy) is 1. The van der Waals surface area contributed by atoms with Crippen LogP contribution < -0.4 is 5.73 Å². The molecule has 4 rings (SSSR count). The zero-order valence-electron chi connectivity index (χ0n) is 16.8. The number of carbonyl (C=O) groups is 1. The van der Waals surface area contributed by atoms with Crippen LogP contribution in [0.5, 0.6) is 0 Å². The van der Waals surface area contributed by atoms with Gasteiger partial charge < -0.3 is 10.5 Å². The monoisotopic (exact) mass is 399 g/mol. The van der Waals surface area contributed by atoms with Gasteiger partial charge >= 0.3 is 5.97 Å². The molecule has 2 bridgehead atoms. The summed E-state index contributed by atoms with van der Waals surface area (Å²) in [7, 11) is 3.36. The molecule has 7 heteroatoms. The molecule has 0 spiro atoms. The van der Waals surface area contributed by atoms with Crippen LogP contribution in [0.15, 0.2) is 47.2 Å². The number of esters is 1. The third kappa shape index (κ3) is 2.48. The van der Waals surface area contributed by atoms with Crippen molar-refractivity contribution in [3.63, 3.8) is 0 Å². The smallest absolute Gasteiger partial charge is 0.337 e. The zero-order chi connectivity index (χ0) is 21.6. The molecule has 2 heterocycles.